The lowest BCUT2D eigenvalue weighted by molar-refractivity contribution is -0.140. The number of hydrogen-bond donors (Lipinski definition) is 4. The molecule has 0 spiro atoms. The second-order valence-electron chi connectivity index (χ2n) is 7.30. The van der Waals surface area contributed by atoms with Crippen molar-refractivity contribution < 1.29 is 41.7 Å². The lowest BCUT2D eigenvalue weighted by Crippen LogP contribution is -2.41. The topological polar surface area (TPSA) is 177 Å². The summed E-state index contributed by atoms with van der Waals surface area (Å²) in [4.78, 5) is 39.5. The van der Waals surface area contributed by atoms with Crippen LogP contribution in [0.3, 0.4) is 0 Å². The molecule has 0 bridgehead atoms. The van der Waals surface area contributed by atoms with Crippen molar-refractivity contribution >= 4 is 33.2 Å². The van der Waals surface area contributed by atoms with Gasteiger partial charge in [0.1, 0.15) is 17.7 Å². The average Bonchev–Trinajstić information content (AvgIpc) is 2.96. The summed E-state index contributed by atoms with van der Waals surface area (Å²) in [5.74, 6) is -6.55. The van der Waals surface area contributed by atoms with Gasteiger partial charge in [-0.1, -0.05) is 0 Å². The Bertz CT molecular complexity index is 1310. The van der Waals surface area contributed by atoms with Gasteiger partial charge in [0, 0.05) is 11.8 Å². The molecule has 1 fully saturated rings. The van der Waals surface area contributed by atoms with E-state index in [9.17, 15) is 36.7 Å². The van der Waals surface area contributed by atoms with E-state index in [4.69, 9.17) is 9.84 Å². The molecule has 1 saturated heterocycles. The number of hydrogen-bond acceptors (Lipinski definition) is 9. The van der Waals surface area contributed by atoms with E-state index in [1.165, 1.54) is 12.1 Å². The van der Waals surface area contributed by atoms with Crippen molar-refractivity contribution in [3.05, 3.63) is 46.5 Å². The van der Waals surface area contributed by atoms with E-state index in [0.717, 1.165) is 18.3 Å². The van der Waals surface area contributed by atoms with Crippen molar-refractivity contribution in [1.29, 1.82) is 0 Å². The first-order valence-electron chi connectivity index (χ1n) is 9.33. The molecule has 0 aliphatic carbocycles. The van der Waals surface area contributed by atoms with Gasteiger partial charge in [-0.25, -0.2) is 13.2 Å². The van der Waals surface area contributed by atoms with Crippen LogP contribution >= 0.6 is 0 Å². The van der Waals surface area contributed by atoms with E-state index in [1.54, 1.807) is 0 Å². The summed E-state index contributed by atoms with van der Waals surface area (Å²) in [6.07, 6.45) is -5.32. The number of aromatic nitrogens is 2. The highest BCUT2D eigenvalue weighted by Gasteiger charge is 2.59. The van der Waals surface area contributed by atoms with Gasteiger partial charge in [0.15, 0.2) is 15.9 Å². The number of aliphatic hydroxyl groups excluding tert-OH is 2. The number of ether oxygens (including phenoxy) is 1. The molecule has 1 aromatic heterocycles. The van der Waals surface area contributed by atoms with Gasteiger partial charge in [-0.2, -0.15) is 13.8 Å². The van der Waals surface area contributed by atoms with Crippen molar-refractivity contribution in [3.8, 4) is 0 Å². The smallest absolute Gasteiger partial charge is 0.351 e. The van der Waals surface area contributed by atoms with E-state index in [0.29, 0.717) is 4.57 Å². The number of aliphatic hydroxyl groups is 2. The molecule has 2 aliphatic heterocycles. The highest BCUT2D eigenvalue weighted by molar-refractivity contribution is 7.92. The molecule has 4 rings (SSSR count). The Kier molecular flexibility index (Phi) is 5.52. The van der Waals surface area contributed by atoms with Crippen LogP contribution < -0.4 is 16.3 Å². The first-order valence-corrected chi connectivity index (χ1v) is 11.0. The number of fused-ring (bicyclic) bond motifs is 1. The summed E-state index contributed by atoms with van der Waals surface area (Å²) in [5, 5.41) is 23.2. The van der Waals surface area contributed by atoms with Crippen molar-refractivity contribution in [1.82, 2.24) is 9.55 Å². The van der Waals surface area contributed by atoms with Crippen molar-refractivity contribution in [2.45, 2.75) is 29.3 Å². The number of carbonyl (C=O) groups excluding carboxylic acids is 2. The van der Waals surface area contributed by atoms with Gasteiger partial charge in [0.05, 0.1) is 17.2 Å². The van der Waals surface area contributed by atoms with E-state index in [1.807, 2.05) is 0 Å². The predicted octanol–water partition coefficient (Wildman–Crippen LogP) is -0.893. The maximum Gasteiger partial charge on any atom is 0.351 e. The number of halogens is 2. The highest BCUT2D eigenvalue weighted by Crippen LogP contribution is 2.42. The number of carbonyl (C=O) groups is 2. The van der Waals surface area contributed by atoms with Crippen LogP contribution in [-0.4, -0.2) is 70.5 Å². The molecule has 2 amide bonds. The molecular formula is C18H16F2N4O8S. The van der Waals surface area contributed by atoms with Gasteiger partial charge >= 0.3 is 11.6 Å². The molecule has 2 aromatic rings. The van der Waals surface area contributed by atoms with E-state index < -0.39 is 64.1 Å². The molecule has 3 atom stereocenters. The Morgan fingerprint density at radius 2 is 2.06 bits per heavy atom. The Morgan fingerprint density at radius 1 is 1.33 bits per heavy atom. The molecule has 12 nitrogen and oxygen atoms in total. The molecule has 0 saturated carbocycles. The van der Waals surface area contributed by atoms with E-state index in [-0.39, 0.29) is 22.0 Å². The maximum atomic E-state index is 14.2. The molecular weight excluding hydrogens is 470 g/mol. The molecule has 1 aromatic carbocycles. The fraction of sp³-hybridized carbons (Fsp3) is 0.333. The summed E-state index contributed by atoms with van der Waals surface area (Å²) in [6, 6.07) is 4.53. The number of alkyl halides is 2. The fourth-order valence-corrected chi connectivity index (χ4v) is 4.76. The normalized spacial score (nSPS) is 25.2. The highest BCUT2D eigenvalue weighted by atomic mass is 32.2. The molecule has 15 heteroatoms. The largest absolute Gasteiger partial charge is 0.394 e. The quantitative estimate of drug-likeness (QED) is 0.427. The summed E-state index contributed by atoms with van der Waals surface area (Å²) < 4.78 is 58.1. The third-order valence-electron chi connectivity index (χ3n) is 5.06. The van der Waals surface area contributed by atoms with E-state index >= 15 is 0 Å². The Morgan fingerprint density at radius 3 is 2.70 bits per heavy atom. The van der Waals surface area contributed by atoms with Gasteiger partial charge < -0.3 is 25.6 Å². The third-order valence-corrected chi connectivity index (χ3v) is 6.71. The zero-order chi connectivity index (χ0) is 24.1. The van der Waals surface area contributed by atoms with Gasteiger partial charge in [-0.15, -0.1) is 0 Å². The van der Waals surface area contributed by atoms with Crippen molar-refractivity contribution in [3.63, 3.8) is 0 Å². The molecule has 1 unspecified atom stereocenters. The maximum absolute atomic E-state index is 14.2. The molecule has 3 heterocycles. The first-order chi connectivity index (χ1) is 15.4. The Balaban J connectivity index is 1.57. The van der Waals surface area contributed by atoms with Crippen molar-refractivity contribution in [2.24, 2.45) is 0 Å². The van der Waals surface area contributed by atoms with Crippen LogP contribution in [0, 0.1) is 0 Å². The van der Waals surface area contributed by atoms with Crippen LogP contribution in [0.4, 0.5) is 20.3 Å². The number of sulfone groups is 1. The fourth-order valence-electron chi connectivity index (χ4n) is 3.43. The SMILES string of the molecule is O=C1CS(=O)(=O)c2cc(C(=O)Nc3ccn(C4O[C@H](CO)[C@@H](O)C4(F)F)c(=O)n3)ccc2N1. The van der Waals surface area contributed by atoms with Crippen LogP contribution in [0.15, 0.2) is 40.2 Å². The molecule has 176 valence electrons. The van der Waals surface area contributed by atoms with Crippen LogP contribution in [0.25, 0.3) is 0 Å². The zero-order valence-electron chi connectivity index (χ0n) is 16.4. The lowest BCUT2D eigenvalue weighted by atomic mass is 10.1. The molecule has 4 N–H and O–H groups in total. The lowest BCUT2D eigenvalue weighted by Gasteiger charge is -2.21. The number of benzene rings is 1. The number of nitrogens with zero attached hydrogens (tertiary/aromatic N) is 2. The number of rotatable bonds is 4. The standard InChI is InChI=1S/C18H16F2N4O8S/c19-18(20)14(27)10(6-25)32-16(18)24-4-3-12(23-17(24)29)22-15(28)8-1-2-9-11(5-8)33(30,31)7-13(26)21-9/h1-5,10,14,16,25,27H,6-7H2,(H,21,26)(H,22,23,28,29)/t10-,14-,16?/m1/s1. The van der Waals surface area contributed by atoms with Gasteiger partial charge in [0.2, 0.25) is 12.1 Å². The second kappa shape index (κ2) is 7.95. The summed E-state index contributed by atoms with van der Waals surface area (Å²) in [6.45, 7) is -0.899. The minimum Gasteiger partial charge on any atom is -0.394 e. The van der Waals surface area contributed by atoms with Gasteiger partial charge in [-0.05, 0) is 24.3 Å². The summed E-state index contributed by atoms with van der Waals surface area (Å²) in [5.41, 5.74) is -1.34. The molecule has 2 aliphatic rings. The van der Waals surface area contributed by atoms with E-state index in [2.05, 4.69) is 15.6 Å². The average molecular weight is 486 g/mol. The van der Waals surface area contributed by atoms with Crippen molar-refractivity contribution in [2.75, 3.05) is 23.0 Å². The number of anilines is 2. The minimum absolute atomic E-state index is 0.0179. The number of amides is 2. The monoisotopic (exact) mass is 486 g/mol. The van der Waals surface area contributed by atoms with Gasteiger partial charge in [-0.3, -0.25) is 14.2 Å². The summed E-state index contributed by atoms with van der Waals surface area (Å²) in [7, 11) is -3.95. The van der Waals surface area contributed by atoms with Crippen LogP contribution in [0.2, 0.25) is 0 Å². The molecule has 0 radical (unpaired) electrons. The number of nitrogens with one attached hydrogen (secondary N) is 2. The predicted molar refractivity (Wildman–Crippen MR) is 106 cm³/mol. The third kappa shape index (κ3) is 3.99. The van der Waals surface area contributed by atoms with Crippen LogP contribution in [0.1, 0.15) is 16.6 Å². The zero-order valence-corrected chi connectivity index (χ0v) is 17.3. The Hall–Kier alpha value is -3.27. The van der Waals surface area contributed by atoms with Crippen LogP contribution in [-0.2, 0) is 19.4 Å². The molecule has 33 heavy (non-hydrogen) atoms. The minimum atomic E-state index is -3.95. The second-order valence-corrected chi connectivity index (χ2v) is 9.26. The van der Waals surface area contributed by atoms with Crippen LogP contribution in [0.5, 0.6) is 0 Å². The first kappa shape index (κ1) is 22.9. The Labute approximate surface area is 183 Å². The summed E-state index contributed by atoms with van der Waals surface area (Å²) >= 11 is 0. The van der Waals surface area contributed by atoms with Gasteiger partial charge in [0.25, 0.3) is 5.91 Å².